The molecule has 3 nitrogen and oxygen atoms in total. The van der Waals surface area contributed by atoms with Crippen LogP contribution in [0.3, 0.4) is 0 Å². The second kappa shape index (κ2) is 3.12. The molecular weight excluding hydrogens is 244 g/mol. The molecule has 0 aromatic rings. The standard InChI is InChI=1S/C3H6Br2O3/c4-2(7)3(5,8)1-6/h2,6-8H,1H2. The average Bonchev–Trinajstić information content (AvgIpc) is 1.67. The van der Waals surface area contributed by atoms with Gasteiger partial charge in [0.15, 0.2) is 4.51 Å². The molecule has 3 N–H and O–H groups in total. The van der Waals surface area contributed by atoms with Crippen LogP contribution in [-0.4, -0.2) is 31.5 Å². The normalized spacial score (nSPS) is 22.1. The predicted octanol–water partition coefficient (Wildman–Crippen LogP) is -0.224. The number of rotatable bonds is 2. The van der Waals surface area contributed by atoms with Gasteiger partial charge in [-0.1, -0.05) is 15.9 Å². The summed E-state index contributed by atoms with van der Waals surface area (Å²) in [6.45, 7) is -0.542. The molecule has 0 aliphatic carbocycles. The van der Waals surface area contributed by atoms with Gasteiger partial charge in [0.25, 0.3) is 0 Å². The van der Waals surface area contributed by atoms with Gasteiger partial charge in [-0.3, -0.25) is 0 Å². The molecule has 50 valence electrons. The lowest BCUT2D eigenvalue weighted by Crippen LogP contribution is -2.35. The Labute approximate surface area is 63.6 Å². The van der Waals surface area contributed by atoms with Gasteiger partial charge in [-0.25, -0.2) is 0 Å². The largest absolute Gasteiger partial charge is 0.392 e. The molecule has 5 heteroatoms. The highest BCUT2D eigenvalue weighted by Crippen LogP contribution is 2.21. The molecule has 0 amide bonds. The van der Waals surface area contributed by atoms with E-state index < -0.39 is 16.1 Å². The number of aliphatic hydroxyl groups is 3. The average molecular weight is 250 g/mol. The van der Waals surface area contributed by atoms with Crippen molar-refractivity contribution in [1.82, 2.24) is 0 Å². The maximum atomic E-state index is 8.77. The summed E-state index contributed by atoms with van der Waals surface area (Å²) in [4.78, 5) is 0. The molecule has 0 rings (SSSR count). The van der Waals surface area contributed by atoms with E-state index in [1.165, 1.54) is 0 Å². The molecule has 8 heavy (non-hydrogen) atoms. The van der Waals surface area contributed by atoms with E-state index in [1.807, 2.05) is 0 Å². The van der Waals surface area contributed by atoms with Gasteiger partial charge in [-0.05, 0) is 15.9 Å². The van der Waals surface area contributed by atoms with Crippen LogP contribution in [0.15, 0.2) is 0 Å². The minimum absolute atomic E-state index is 0.542. The van der Waals surface area contributed by atoms with Gasteiger partial charge in [0.1, 0.15) is 5.01 Å². The topological polar surface area (TPSA) is 60.7 Å². The minimum atomic E-state index is -1.62. The van der Waals surface area contributed by atoms with Crippen molar-refractivity contribution in [2.24, 2.45) is 0 Å². The smallest absolute Gasteiger partial charge is 0.178 e. The molecule has 0 saturated carbocycles. The lowest BCUT2D eigenvalue weighted by Gasteiger charge is -2.18. The van der Waals surface area contributed by atoms with E-state index >= 15 is 0 Å². The Hall–Kier alpha value is 0.840. The SMILES string of the molecule is OCC(O)(Br)C(O)Br. The van der Waals surface area contributed by atoms with Gasteiger partial charge < -0.3 is 15.3 Å². The summed E-state index contributed by atoms with van der Waals surface area (Å²) >= 11 is 5.31. The molecule has 0 heterocycles. The van der Waals surface area contributed by atoms with Crippen molar-refractivity contribution in [2.45, 2.75) is 9.52 Å². The van der Waals surface area contributed by atoms with Crippen LogP contribution in [0.25, 0.3) is 0 Å². The quantitative estimate of drug-likeness (QED) is 0.593. The number of halogens is 2. The molecule has 0 spiro atoms. The molecule has 0 aromatic carbocycles. The van der Waals surface area contributed by atoms with Crippen LogP contribution in [0.1, 0.15) is 0 Å². The monoisotopic (exact) mass is 248 g/mol. The fourth-order valence-electron chi connectivity index (χ4n) is 0.0753. The Morgan fingerprint density at radius 1 is 1.62 bits per heavy atom. The zero-order valence-electron chi connectivity index (χ0n) is 3.88. The summed E-state index contributed by atoms with van der Waals surface area (Å²) < 4.78 is -1.62. The van der Waals surface area contributed by atoms with Crippen molar-refractivity contribution in [2.75, 3.05) is 6.61 Å². The molecule has 0 aliphatic rings. The first-order chi connectivity index (χ1) is 3.50. The van der Waals surface area contributed by atoms with Crippen molar-refractivity contribution in [3.8, 4) is 0 Å². The first-order valence-electron chi connectivity index (χ1n) is 1.85. The summed E-state index contributed by atoms with van der Waals surface area (Å²) in [5, 5.41) is 24.4. The van der Waals surface area contributed by atoms with E-state index in [0.717, 1.165) is 0 Å². The Morgan fingerprint density at radius 3 is 2.00 bits per heavy atom. The third-order valence-electron chi connectivity index (χ3n) is 0.587. The van der Waals surface area contributed by atoms with E-state index in [2.05, 4.69) is 31.9 Å². The van der Waals surface area contributed by atoms with Crippen molar-refractivity contribution in [3.05, 3.63) is 0 Å². The highest BCUT2D eigenvalue weighted by Gasteiger charge is 2.29. The van der Waals surface area contributed by atoms with Crippen LogP contribution in [0.4, 0.5) is 0 Å². The number of hydrogen-bond acceptors (Lipinski definition) is 3. The van der Waals surface area contributed by atoms with Gasteiger partial charge in [0, 0.05) is 0 Å². The Bertz CT molecular complexity index is 72.9. The van der Waals surface area contributed by atoms with Crippen molar-refractivity contribution in [1.29, 1.82) is 0 Å². The van der Waals surface area contributed by atoms with E-state index in [9.17, 15) is 0 Å². The number of hydrogen-bond donors (Lipinski definition) is 3. The molecule has 0 bridgehead atoms. The van der Waals surface area contributed by atoms with E-state index in [1.54, 1.807) is 0 Å². The van der Waals surface area contributed by atoms with E-state index in [4.69, 9.17) is 15.3 Å². The molecule has 0 aromatic heterocycles. The molecule has 0 aliphatic heterocycles. The van der Waals surface area contributed by atoms with Crippen molar-refractivity contribution in [3.63, 3.8) is 0 Å². The van der Waals surface area contributed by atoms with Gasteiger partial charge in [0.05, 0.1) is 6.61 Å². The van der Waals surface area contributed by atoms with E-state index in [0.29, 0.717) is 0 Å². The second-order valence-electron chi connectivity index (χ2n) is 1.31. The first kappa shape index (κ1) is 8.84. The van der Waals surface area contributed by atoms with Crippen LogP contribution in [-0.2, 0) is 0 Å². The second-order valence-corrected chi connectivity index (χ2v) is 3.55. The fourth-order valence-corrected chi connectivity index (χ4v) is 0.220. The van der Waals surface area contributed by atoms with Crippen molar-refractivity contribution < 1.29 is 15.3 Å². The van der Waals surface area contributed by atoms with Crippen LogP contribution in [0, 0.1) is 0 Å². The highest BCUT2D eigenvalue weighted by molar-refractivity contribution is 9.12. The van der Waals surface area contributed by atoms with Crippen molar-refractivity contribution >= 4 is 31.9 Å². The molecule has 0 saturated heterocycles. The maximum absolute atomic E-state index is 8.77. The zero-order valence-corrected chi connectivity index (χ0v) is 7.05. The number of aliphatic hydroxyl groups excluding tert-OH is 2. The van der Waals surface area contributed by atoms with Crippen LogP contribution < -0.4 is 0 Å². The maximum Gasteiger partial charge on any atom is 0.178 e. The van der Waals surface area contributed by atoms with Gasteiger partial charge in [0.2, 0.25) is 0 Å². The van der Waals surface area contributed by atoms with Gasteiger partial charge in [-0.15, -0.1) is 0 Å². The van der Waals surface area contributed by atoms with Crippen LogP contribution in [0.2, 0.25) is 0 Å². The highest BCUT2D eigenvalue weighted by atomic mass is 79.9. The lowest BCUT2D eigenvalue weighted by molar-refractivity contribution is 0.00960. The lowest BCUT2D eigenvalue weighted by atomic mass is 10.4. The summed E-state index contributed by atoms with van der Waals surface area (Å²) in [5.74, 6) is 0. The molecule has 2 atom stereocenters. The predicted molar refractivity (Wildman–Crippen MR) is 35.9 cm³/mol. The summed E-state index contributed by atoms with van der Waals surface area (Å²) in [6, 6.07) is 0. The molecular formula is C3H6Br2O3. The third kappa shape index (κ3) is 2.41. The Kier molecular flexibility index (Phi) is 3.45. The first-order valence-corrected chi connectivity index (χ1v) is 3.56. The fraction of sp³-hybridized carbons (Fsp3) is 1.00. The summed E-state index contributed by atoms with van der Waals surface area (Å²) in [5.41, 5.74) is 0. The Balaban J connectivity index is 3.71. The van der Waals surface area contributed by atoms with Gasteiger partial charge in [-0.2, -0.15) is 0 Å². The van der Waals surface area contributed by atoms with E-state index in [-0.39, 0.29) is 0 Å². The zero-order chi connectivity index (χ0) is 6.78. The molecule has 0 radical (unpaired) electrons. The number of alkyl halides is 2. The molecule has 0 fully saturated rings. The summed E-state index contributed by atoms with van der Waals surface area (Å²) in [6.07, 6.45) is 0. The third-order valence-corrected chi connectivity index (χ3v) is 2.64. The summed E-state index contributed by atoms with van der Waals surface area (Å²) in [7, 11) is 0. The van der Waals surface area contributed by atoms with Crippen LogP contribution >= 0.6 is 31.9 Å². The molecule has 2 unspecified atom stereocenters. The van der Waals surface area contributed by atoms with Crippen LogP contribution in [0.5, 0.6) is 0 Å². The van der Waals surface area contributed by atoms with Gasteiger partial charge >= 0.3 is 0 Å². The Morgan fingerprint density at radius 2 is 2.00 bits per heavy atom. The minimum Gasteiger partial charge on any atom is -0.392 e.